The number of anilines is 1. The first kappa shape index (κ1) is 32.8. The molecule has 0 radical (unpaired) electrons. The SMILES string of the molecule is Cc1cccc(NC(=O)OCc2ccccc2)c1C(=O)Oc1ccc2c(c1)[C@@]1(C)CCCCC[C@@H](C2)[C@@H]1NC(=O)OCc1ccccc1. The van der Waals surface area contributed by atoms with Crippen molar-refractivity contribution >= 4 is 23.8 Å². The second kappa shape index (κ2) is 14.8. The first-order valence-corrected chi connectivity index (χ1v) is 16.7. The fourth-order valence-corrected chi connectivity index (χ4v) is 7.29. The smallest absolute Gasteiger partial charge is 0.411 e. The number of amides is 2. The van der Waals surface area contributed by atoms with E-state index in [0.717, 1.165) is 55.2 Å². The minimum absolute atomic E-state index is 0.105. The van der Waals surface area contributed by atoms with Crippen molar-refractivity contribution in [2.45, 2.75) is 77.0 Å². The Bertz CT molecular complexity index is 1760. The first-order valence-electron chi connectivity index (χ1n) is 16.7. The molecule has 2 bridgehead atoms. The van der Waals surface area contributed by atoms with E-state index in [2.05, 4.69) is 17.6 Å². The lowest BCUT2D eigenvalue weighted by Gasteiger charge is -2.49. The maximum atomic E-state index is 13.7. The van der Waals surface area contributed by atoms with Crippen LogP contribution in [-0.2, 0) is 34.5 Å². The fourth-order valence-electron chi connectivity index (χ4n) is 7.29. The molecule has 0 unspecified atom stereocenters. The van der Waals surface area contributed by atoms with Gasteiger partial charge in [-0.15, -0.1) is 0 Å². The van der Waals surface area contributed by atoms with E-state index in [1.807, 2.05) is 78.9 Å². The Hall–Kier alpha value is -5.11. The number of benzene rings is 4. The topological polar surface area (TPSA) is 103 Å². The van der Waals surface area contributed by atoms with Gasteiger partial charge < -0.3 is 19.5 Å². The highest BCUT2D eigenvalue weighted by molar-refractivity contribution is 6.01. The van der Waals surface area contributed by atoms with Crippen molar-refractivity contribution in [2.75, 3.05) is 5.32 Å². The molecule has 0 spiro atoms. The Kier molecular flexibility index (Phi) is 10.1. The van der Waals surface area contributed by atoms with Gasteiger partial charge in [0.2, 0.25) is 0 Å². The fraction of sp³-hybridized carbons (Fsp3) is 0.325. The van der Waals surface area contributed by atoms with Crippen LogP contribution in [0.5, 0.6) is 5.75 Å². The molecular formula is C40H42N2O6. The highest BCUT2D eigenvalue weighted by Crippen LogP contribution is 2.47. The van der Waals surface area contributed by atoms with Gasteiger partial charge in [0.15, 0.2) is 0 Å². The van der Waals surface area contributed by atoms with E-state index in [0.29, 0.717) is 17.0 Å². The van der Waals surface area contributed by atoms with Gasteiger partial charge in [-0.1, -0.05) is 105 Å². The Morgan fingerprint density at radius 1 is 0.792 bits per heavy atom. The Morgan fingerprint density at radius 3 is 2.19 bits per heavy atom. The molecule has 8 heteroatoms. The van der Waals surface area contributed by atoms with Crippen LogP contribution in [0.15, 0.2) is 97.1 Å². The van der Waals surface area contributed by atoms with Crippen molar-refractivity contribution in [1.82, 2.24) is 5.32 Å². The molecule has 0 saturated heterocycles. The Morgan fingerprint density at radius 2 is 1.48 bits per heavy atom. The molecule has 48 heavy (non-hydrogen) atoms. The van der Waals surface area contributed by atoms with Gasteiger partial charge in [-0.3, -0.25) is 5.32 Å². The molecule has 2 amide bonds. The second-order valence-electron chi connectivity index (χ2n) is 13.1. The highest BCUT2D eigenvalue weighted by Gasteiger charge is 2.47. The zero-order valence-electron chi connectivity index (χ0n) is 27.5. The van der Waals surface area contributed by atoms with Gasteiger partial charge in [0.25, 0.3) is 0 Å². The molecule has 1 fully saturated rings. The summed E-state index contributed by atoms with van der Waals surface area (Å²) >= 11 is 0. The van der Waals surface area contributed by atoms with E-state index >= 15 is 0 Å². The molecule has 0 aromatic heterocycles. The number of aryl methyl sites for hydroxylation is 1. The zero-order chi connectivity index (χ0) is 33.5. The summed E-state index contributed by atoms with van der Waals surface area (Å²) in [6, 6.07) is 30.0. The number of ether oxygens (including phenoxy) is 3. The highest BCUT2D eigenvalue weighted by atomic mass is 16.6. The molecule has 2 aliphatic carbocycles. The summed E-state index contributed by atoms with van der Waals surface area (Å²) < 4.78 is 17.0. The van der Waals surface area contributed by atoms with E-state index in [-0.39, 0.29) is 36.2 Å². The van der Waals surface area contributed by atoms with E-state index in [4.69, 9.17) is 14.2 Å². The molecule has 4 aromatic carbocycles. The van der Waals surface area contributed by atoms with E-state index in [9.17, 15) is 14.4 Å². The van der Waals surface area contributed by atoms with Crippen molar-refractivity contribution in [3.8, 4) is 5.75 Å². The zero-order valence-corrected chi connectivity index (χ0v) is 27.5. The largest absolute Gasteiger partial charge is 0.445 e. The number of carbonyl (C=O) groups is 3. The number of rotatable bonds is 8. The third-order valence-corrected chi connectivity index (χ3v) is 9.73. The predicted octanol–water partition coefficient (Wildman–Crippen LogP) is 8.65. The van der Waals surface area contributed by atoms with Crippen LogP contribution in [0.2, 0.25) is 0 Å². The molecular weight excluding hydrogens is 604 g/mol. The number of alkyl carbamates (subject to hydrolysis) is 1. The lowest BCUT2D eigenvalue weighted by atomic mass is 9.59. The molecule has 1 saturated carbocycles. The van der Waals surface area contributed by atoms with Crippen LogP contribution in [0.1, 0.15) is 77.2 Å². The summed E-state index contributed by atoms with van der Waals surface area (Å²) in [4.78, 5) is 39.5. The average molecular weight is 647 g/mol. The first-order chi connectivity index (χ1) is 23.3. The van der Waals surface area contributed by atoms with E-state index in [1.54, 1.807) is 25.1 Å². The monoisotopic (exact) mass is 646 g/mol. The van der Waals surface area contributed by atoms with E-state index in [1.165, 1.54) is 5.56 Å². The van der Waals surface area contributed by atoms with Gasteiger partial charge in [-0.2, -0.15) is 0 Å². The minimum Gasteiger partial charge on any atom is -0.445 e. The molecule has 3 atom stereocenters. The van der Waals surface area contributed by atoms with Gasteiger partial charge in [-0.25, -0.2) is 14.4 Å². The predicted molar refractivity (Wildman–Crippen MR) is 184 cm³/mol. The normalized spacial score (nSPS) is 19.9. The molecule has 6 rings (SSSR count). The summed E-state index contributed by atoms with van der Waals surface area (Å²) in [5, 5.41) is 5.98. The van der Waals surface area contributed by atoms with Crippen LogP contribution < -0.4 is 15.4 Å². The molecule has 2 aliphatic rings. The van der Waals surface area contributed by atoms with Crippen molar-refractivity contribution in [1.29, 1.82) is 0 Å². The number of esters is 1. The van der Waals surface area contributed by atoms with Crippen molar-refractivity contribution in [3.05, 3.63) is 130 Å². The summed E-state index contributed by atoms with van der Waals surface area (Å²) in [6.07, 6.45) is 4.92. The van der Waals surface area contributed by atoms with E-state index < -0.39 is 18.2 Å². The van der Waals surface area contributed by atoms with Crippen LogP contribution in [0.25, 0.3) is 0 Å². The van der Waals surface area contributed by atoms with Crippen LogP contribution in [0.4, 0.5) is 15.3 Å². The third-order valence-electron chi connectivity index (χ3n) is 9.73. The maximum absolute atomic E-state index is 13.7. The third kappa shape index (κ3) is 7.54. The number of nitrogens with one attached hydrogen (secondary N) is 2. The summed E-state index contributed by atoms with van der Waals surface area (Å²) in [7, 11) is 0. The number of carbonyl (C=O) groups excluding carboxylic acids is 3. The average Bonchev–Trinajstić information content (AvgIpc) is 3.09. The number of hydrogen-bond donors (Lipinski definition) is 2. The van der Waals surface area contributed by atoms with Crippen molar-refractivity contribution in [2.24, 2.45) is 5.92 Å². The van der Waals surface area contributed by atoms with Crippen LogP contribution >= 0.6 is 0 Å². The maximum Gasteiger partial charge on any atom is 0.411 e. The minimum atomic E-state index is -0.667. The molecule has 4 aromatic rings. The molecule has 0 heterocycles. The van der Waals surface area contributed by atoms with Crippen LogP contribution in [0.3, 0.4) is 0 Å². The second-order valence-corrected chi connectivity index (χ2v) is 13.1. The molecule has 8 nitrogen and oxygen atoms in total. The molecule has 2 N–H and O–H groups in total. The standard InChI is InChI=1S/C40H42N2O6/c1-27-13-12-19-34(41-38(44)46-25-28-14-6-3-7-15-28)35(27)37(43)48-32-21-20-30-23-31-18-10-5-11-22-40(2,33(30)24-32)36(31)42-39(45)47-26-29-16-8-4-9-17-29/h3-4,6-9,12-17,19-21,24,31,36H,5,10-11,18,22-23,25-26H2,1-2H3,(H,41,44)(H,42,45)/t31-,36-,40+/m0/s1. The van der Waals surface area contributed by atoms with Crippen molar-refractivity contribution < 1.29 is 28.6 Å². The van der Waals surface area contributed by atoms with Gasteiger partial charge >= 0.3 is 18.2 Å². The van der Waals surface area contributed by atoms with Gasteiger partial charge in [-0.05, 0) is 78.1 Å². The lowest BCUT2D eigenvalue weighted by Crippen LogP contribution is -2.57. The van der Waals surface area contributed by atoms with Crippen LogP contribution in [0, 0.1) is 12.8 Å². The Labute approximate surface area is 281 Å². The molecule has 248 valence electrons. The molecule has 0 aliphatic heterocycles. The number of hydrogen-bond acceptors (Lipinski definition) is 6. The van der Waals surface area contributed by atoms with Gasteiger partial charge in [0.1, 0.15) is 19.0 Å². The van der Waals surface area contributed by atoms with Gasteiger partial charge in [0, 0.05) is 11.5 Å². The van der Waals surface area contributed by atoms with Crippen LogP contribution in [-0.4, -0.2) is 24.2 Å². The summed E-state index contributed by atoms with van der Waals surface area (Å²) in [5.41, 5.74) is 4.91. The van der Waals surface area contributed by atoms with Crippen molar-refractivity contribution in [3.63, 3.8) is 0 Å². The van der Waals surface area contributed by atoms with Gasteiger partial charge in [0.05, 0.1) is 11.3 Å². The lowest BCUT2D eigenvalue weighted by molar-refractivity contribution is 0.0734. The number of fused-ring (bicyclic) bond motifs is 4. The quantitative estimate of drug-likeness (QED) is 0.147. The summed E-state index contributed by atoms with van der Waals surface area (Å²) in [6.45, 7) is 4.32. The Balaban J connectivity index is 1.19. The summed E-state index contributed by atoms with van der Waals surface area (Å²) in [5.74, 6) is 0.0940.